The zero-order chi connectivity index (χ0) is 16.3. The number of carbonyl (C=O) groups is 1. The second-order valence-corrected chi connectivity index (χ2v) is 6.53. The van der Waals surface area contributed by atoms with Gasteiger partial charge in [0.15, 0.2) is 11.9 Å². The molecule has 1 aromatic carbocycles. The van der Waals surface area contributed by atoms with Crippen LogP contribution in [-0.2, 0) is 0 Å². The Morgan fingerprint density at radius 3 is 2.45 bits per heavy atom. The molecule has 0 aliphatic carbocycles. The molecule has 0 atom stereocenters. The van der Waals surface area contributed by atoms with Crippen LogP contribution in [0.4, 0.5) is 9.93 Å². The number of anilines is 1. The molecule has 1 aromatic heterocycles. The average Bonchev–Trinajstić information content (AvgIpc) is 2.74. The van der Waals surface area contributed by atoms with Gasteiger partial charge in [-0.15, -0.1) is 11.3 Å². The first-order valence-corrected chi connectivity index (χ1v) is 7.94. The number of hydrogen-bond acceptors (Lipinski definition) is 4. The summed E-state index contributed by atoms with van der Waals surface area (Å²) in [6.07, 6.45) is 0. The number of carbonyl (C=O) groups excluding carboxylic acids is 1. The number of aryl methyl sites for hydroxylation is 4. The Morgan fingerprint density at radius 2 is 1.91 bits per heavy atom. The molecule has 118 valence electrons. The fourth-order valence-corrected chi connectivity index (χ4v) is 2.76. The lowest BCUT2D eigenvalue weighted by Crippen LogP contribution is -2.32. The molecule has 7 heteroatoms. The van der Waals surface area contributed by atoms with Crippen molar-refractivity contribution in [3.05, 3.63) is 38.9 Å². The number of rotatable bonds is 4. The summed E-state index contributed by atoms with van der Waals surface area (Å²) in [5.41, 5.74) is 2.80. The predicted octanol–water partition coefficient (Wildman–Crippen LogP) is 4.19. The number of halogens is 1. The van der Waals surface area contributed by atoms with Crippen LogP contribution >= 0.6 is 22.9 Å². The average molecular weight is 340 g/mol. The molecule has 2 amide bonds. The highest BCUT2D eigenvalue weighted by Crippen LogP contribution is 2.25. The van der Waals surface area contributed by atoms with E-state index in [-0.39, 0.29) is 12.8 Å². The summed E-state index contributed by atoms with van der Waals surface area (Å²) in [6.45, 7) is 7.76. The van der Waals surface area contributed by atoms with Crippen LogP contribution in [0.15, 0.2) is 12.1 Å². The zero-order valence-corrected chi connectivity index (χ0v) is 14.5. The number of urea groups is 1. The maximum absolute atomic E-state index is 11.8. The van der Waals surface area contributed by atoms with E-state index < -0.39 is 0 Å². The minimum absolute atomic E-state index is 0.0652. The molecular weight excluding hydrogens is 322 g/mol. The minimum atomic E-state index is -0.351. The number of benzene rings is 1. The summed E-state index contributed by atoms with van der Waals surface area (Å²) >= 11 is 7.54. The first-order chi connectivity index (χ1) is 10.4. The number of aromatic nitrogens is 1. The smallest absolute Gasteiger partial charge is 0.323 e. The molecule has 2 rings (SSSR count). The number of ether oxygens (including phenoxy) is 1. The largest absolute Gasteiger partial charge is 0.473 e. The Bertz CT molecular complexity index is 658. The van der Waals surface area contributed by atoms with Crippen molar-refractivity contribution in [3.63, 3.8) is 0 Å². The highest BCUT2D eigenvalue weighted by Gasteiger charge is 2.08. The van der Waals surface area contributed by atoms with Gasteiger partial charge in [0.2, 0.25) is 0 Å². The molecule has 0 aliphatic rings. The molecule has 0 fully saturated rings. The van der Waals surface area contributed by atoms with E-state index in [1.807, 2.05) is 39.8 Å². The van der Waals surface area contributed by atoms with E-state index in [4.69, 9.17) is 16.3 Å². The molecule has 0 aliphatic heterocycles. The number of thiazole rings is 1. The van der Waals surface area contributed by atoms with Crippen molar-refractivity contribution in [2.45, 2.75) is 27.7 Å². The van der Waals surface area contributed by atoms with Gasteiger partial charge in [0, 0.05) is 9.90 Å². The van der Waals surface area contributed by atoms with E-state index in [1.165, 1.54) is 11.3 Å². The van der Waals surface area contributed by atoms with Crippen LogP contribution in [0.3, 0.4) is 0 Å². The van der Waals surface area contributed by atoms with Gasteiger partial charge < -0.3 is 10.1 Å². The third kappa shape index (κ3) is 4.11. The lowest BCUT2D eigenvalue weighted by Gasteiger charge is -2.10. The fourth-order valence-electron chi connectivity index (χ4n) is 1.84. The van der Waals surface area contributed by atoms with Crippen molar-refractivity contribution in [3.8, 4) is 5.75 Å². The predicted molar refractivity (Wildman–Crippen MR) is 90.2 cm³/mol. The van der Waals surface area contributed by atoms with Crippen LogP contribution in [0.5, 0.6) is 5.75 Å². The van der Waals surface area contributed by atoms with E-state index in [9.17, 15) is 4.79 Å². The van der Waals surface area contributed by atoms with Crippen LogP contribution in [0, 0.1) is 27.7 Å². The molecule has 5 nitrogen and oxygen atoms in total. The van der Waals surface area contributed by atoms with E-state index in [2.05, 4.69) is 15.6 Å². The van der Waals surface area contributed by atoms with Gasteiger partial charge in [0.25, 0.3) is 0 Å². The van der Waals surface area contributed by atoms with Crippen molar-refractivity contribution in [2.24, 2.45) is 0 Å². The van der Waals surface area contributed by atoms with Crippen molar-refractivity contribution in [1.29, 1.82) is 0 Å². The van der Waals surface area contributed by atoms with Gasteiger partial charge in [0.1, 0.15) is 5.75 Å². The zero-order valence-electron chi connectivity index (χ0n) is 12.9. The van der Waals surface area contributed by atoms with Gasteiger partial charge in [-0.2, -0.15) is 0 Å². The lowest BCUT2D eigenvalue weighted by molar-refractivity contribution is 0.234. The van der Waals surface area contributed by atoms with E-state index in [1.54, 1.807) is 0 Å². The van der Waals surface area contributed by atoms with Gasteiger partial charge in [-0.3, -0.25) is 5.32 Å². The van der Waals surface area contributed by atoms with Crippen LogP contribution < -0.4 is 15.4 Å². The van der Waals surface area contributed by atoms with Gasteiger partial charge in [-0.25, -0.2) is 9.78 Å². The van der Waals surface area contributed by atoms with Crippen LogP contribution in [0.25, 0.3) is 0 Å². The Hall–Kier alpha value is -1.79. The lowest BCUT2D eigenvalue weighted by atomic mass is 10.1. The van der Waals surface area contributed by atoms with Crippen molar-refractivity contribution >= 4 is 34.1 Å². The summed E-state index contributed by atoms with van der Waals surface area (Å²) in [7, 11) is 0. The molecule has 0 bridgehead atoms. The topological polar surface area (TPSA) is 63.2 Å². The Morgan fingerprint density at radius 1 is 1.27 bits per heavy atom. The molecule has 2 aromatic rings. The molecule has 0 saturated heterocycles. The standard InChI is InChI=1S/C15H18ClN3O2S/c1-8-5-12(6-9(2)13(8)16)21-7-17-14(20)19-15-18-10(3)11(4)22-15/h5-6H,7H2,1-4H3,(H2,17,18,19,20). The number of hydrogen-bond donors (Lipinski definition) is 2. The molecule has 1 heterocycles. The SMILES string of the molecule is Cc1cc(OCNC(=O)Nc2nc(C)c(C)s2)cc(C)c1Cl. The number of amides is 2. The fraction of sp³-hybridized carbons (Fsp3) is 0.333. The Balaban J connectivity index is 1.84. The van der Waals surface area contributed by atoms with Crippen LogP contribution in [0.1, 0.15) is 21.7 Å². The van der Waals surface area contributed by atoms with Gasteiger partial charge in [-0.05, 0) is 51.0 Å². The van der Waals surface area contributed by atoms with E-state index >= 15 is 0 Å². The second-order valence-electron chi connectivity index (χ2n) is 4.95. The van der Waals surface area contributed by atoms with Crippen molar-refractivity contribution in [2.75, 3.05) is 12.0 Å². The molecule has 0 saturated carbocycles. The second kappa shape index (κ2) is 6.98. The summed E-state index contributed by atoms with van der Waals surface area (Å²) < 4.78 is 5.51. The Labute approximate surface area is 138 Å². The molecular formula is C15H18ClN3O2S. The molecule has 2 N–H and O–H groups in total. The van der Waals surface area contributed by atoms with Crippen molar-refractivity contribution in [1.82, 2.24) is 10.3 Å². The maximum atomic E-state index is 11.8. The molecule has 0 radical (unpaired) electrons. The highest BCUT2D eigenvalue weighted by atomic mass is 35.5. The molecule has 0 unspecified atom stereocenters. The van der Waals surface area contributed by atoms with Gasteiger partial charge >= 0.3 is 6.03 Å². The third-order valence-electron chi connectivity index (χ3n) is 3.13. The summed E-state index contributed by atoms with van der Waals surface area (Å²) in [4.78, 5) is 17.1. The summed E-state index contributed by atoms with van der Waals surface area (Å²) in [5.74, 6) is 0.667. The van der Waals surface area contributed by atoms with E-state index in [0.29, 0.717) is 10.9 Å². The summed E-state index contributed by atoms with van der Waals surface area (Å²) in [6, 6.07) is 3.32. The van der Waals surface area contributed by atoms with Crippen LogP contribution in [-0.4, -0.2) is 17.7 Å². The van der Waals surface area contributed by atoms with E-state index in [0.717, 1.165) is 26.7 Å². The monoisotopic (exact) mass is 339 g/mol. The van der Waals surface area contributed by atoms with Crippen molar-refractivity contribution < 1.29 is 9.53 Å². The molecule has 22 heavy (non-hydrogen) atoms. The maximum Gasteiger partial charge on any atom is 0.323 e. The highest BCUT2D eigenvalue weighted by molar-refractivity contribution is 7.15. The first-order valence-electron chi connectivity index (χ1n) is 6.75. The first kappa shape index (κ1) is 16.6. The minimum Gasteiger partial charge on any atom is -0.473 e. The Kier molecular flexibility index (Phi) is 5.26. The van der Waals surface area contributed by atoms with Gasteiger partial charge in [-0.1, -0.05) is 11.6 Å². The summed E-state index contributed by atoms with van der Waals surface area (Å²) in [5, 5.41) is 6.61. The van der Waals surface area contributed by atoms with Gasteiger partial charge in [0.05, 0.1) is 5.69 Å². The normalized spacial score (nSPS) is 10.4. The molecule has 0 spiro atoms. The third-order valence-corrected chi connectivity index (χ3v) is 4.71. The van der Waals surface area contributed by atoms with Crippen LogP contribution in [0.2, 0.25) is 5.02 Å². The quantitative estimate of drug-likeness (QED) is 0.821. The number of nitrogens with zero attached hydrogens (tertiary/aromatic N) is 1. The number of nitrogens with one attached hydrogen (secondary N) is 2.